The van der Waals surface area contributed by atoms with Gasteiger partial charge in [-0.05, 0) is 6.92 Å². The Morgan fingerprint density at radius 3 is 0.882 bits per heavy atom. The summed E-state index contributed by atoms with van der Waals surface area (Å²) in [4.78, 5) is 0. The van der Waals surface area contributed by atoms with Crippen LogP contribution in [0.25, 0.3) is 0 Å². The summed E-state index contributed by atoms with van der Waals surface area (Å²) in [7, 11) is 0. The van der Waals surface area contributed by atoms with Crippen LogP contribution >= 0.6 is 0 Å². The first-order valence-corrected chi connectivity index (χ1v) is 3.61. The largest absolute Gasteiger partial charge is 0.456 e. The summed E-state index contributed by atoms with van der Waals surface area (Å²) in [6, 6.07) is 0. The lowest BCUT2D eigenvalue weighted by Crippen LogP contribution is -2.68. The van der Waals surface area contributed by atoms with Crippen molar-refractivity contribution in [2.75, 3.05) is 0 Å². The molecule has 17 heavy (non-hydrogen) atoms. The Morgan fingerprint density at radius 2 is 0.765 bits per heavy atom. The number of alkyl halides is 10. The normalized spacial score (nSPS) is 16.2. The average molecular weight is 282 g/mol. The quantitative estimate of drug-likeness (QED) is 0.771. The third-order valence-corrected chi connectivity index (χ3v) is 1.93. The minimum atomic E-state index is -6.76. The van der Waals surface area contributed by atoms with E-state index in [1.165, 1.54) is 0 Å². The predicted molar refractivity (Wildman–Crippen MR) is 32.6 cm³/mol. The van der Waals surface area contributed by atoms with Gasteiger partial charge in [0.1, 0.15) is 0 Å². The number of hydrogen-bond donors (Lipinski definition) is 1. The lowest BCUT2D eigenvalue weighted by atomic mass is 9.89. The average Bonchev–Trinajstić information content (AvgIpc) is 1.98. The molecule has 0 aliphatic carbocycles. The van der Waals surface area contributed by atoms with Gasteiger partial charge in [0, 0.05) is 0 Å². The van der Waals surface area contributed by atoms with Gasteiger partial charge < -0.3 is 5.11 Å². The van der Waals surface area contributed by atoms with Crippen molar-refractivity contribution in [1.82, 2.24) is 0 Å². The molecule has 0 aromatic heterocycles. The highest BCUT2D eigenvalue weighted by Gasteiger charge is 2.82. The highest BCUT2D eigenvalue weighted by Crippen LogP contribution is 2.54. The van der Waals surface area contributed by atoms with Crippen molar-refractivity contribution >= 4 is 0 Å². The Kier molecular flexibility index (Phi) is 3.47. The van der Waals surface area contributed by atoms with Crippen molar-refractivity contribution in [2.45, 2.75) is 36.7 Å². The second-order valence-corrected chi connectivity index (χ2v) is 3.22. The van der Waals surface area contributed by atoms with Crippen molar-refractivity contribution in [3.8, 4) is 0 Å². The van der Waals surface area contributed by atoms with Crippen molar-refractivity contribution in [3.05, 3.63) is 0 Å². The smallest absolute Gasteiger partial charge is 0.378 e. The molecule has 0 saturated heterocycles. The van der Waals surface area contributed by atoms with E-state index in [0.29, 0.717) is 0 Å². The van der Waals surface area contributed by atoms with E-state index in [0.717, 1.165) is 0 Å². The topological polar surface area (TPSA) is 20.2 Å². The minimum Gasteiger partial charge on any atom is -0.378 e. The van der Waals surface area contributed by atoms with Gasteiger partial charge in [-0.25, -0.2) is 0 Å². The molecule has 0 saturated carbocycles. The van der Waals surface area contributed by atoms with Crippen LogP contribution in [0.3, 0.4) is 0 Å². The Balaban J connectivity index is 5.73. The molecule has 0 aromatic carbocycles. The molecule has 0 spiro atoms. The maximum atomic E-state index is 12.4. The lowest BCUT2D eigenvalue weighted by molar-refractivity contribution is -0.418. The van der Waals surface area contributed by atoms with Gasteiger partial charge in [0.15, 0.2) is 0 Å². The van der Waals surface area contributed by atoms with Gasteiger partial charge >= 0.3 is 24.2 Å². The summed E-state index contributed by atoms with van der Waals surface area (Å²) in [6.45, 7) is -0.937. The van der Waals surface area contributed by atoms with Gasteiger partial charge in [0.05, 0.1) is 0 Å². The number of halogens is 10. The minimum absolute atomic E-state index is 0.937. The summed E-state index contributed by atoms with van der Waals surface area (Å²) in [5, 5.41) is 8.30. The molecule has 0 aromatic rings. The van der Waals surface area contributed by atoms with Crippen LogP contribution in [0, 0.1) is 0 Å². The van der Waals surface area contributed by atoms with Crippen LogP contribution in [0.1, 0.15) is 6.92 Å². The fourth-order valence-corrected chi connectivity index (χ4v) is 0.749. The molecule has 0 radical (unpaired) electrons. The Labute approximate surface area is 87.0 Å². The van der Waals surface area contributed by atoms with E-state index in [-0.39, 0.29) is 0 Å². The van der Waals surface area contributed by atoms with Crippen molar-refractivity contribution in [1.29, 1.82) is 0 Å². The van der Waals surface area contributed by atoms with Crippen LogP contribution in [-0.4, -0.2) is 34.9 Å². The van der Waals surface area contributed by atoms with Gasteiger partial charge in [0.25, 0.3) is 0 Å². The molecule has 0 heterocycles. The van der Waals surface area contributed by atoms with Gasteiger partial charge in [0.2, 0.25) is 5.60 Å². The summed E-state index contributed by atoms with van der Waals surface area (Å²) in [5.74, 6) is -13.3. The highest BCUT2D eigenvalue weighted by atomic mass is 19.4. The maximum Gasteiger partial charge on any atom is 0.456 e. The first kappa shape index (κ1) is 16.3. The number of rotatable bonds is 2. The third kappa shape index (κ3) is 2.16. The Bertz CT molecular complexity index is 256. The van der Waals surface area contributed by atoms with Gasteiger partial charge in [-0.1, -0.05) is 0 Å². The van der Waals surface area contributed by atoms with Crippen molar-refractivity contribution in [2.24, 2.45) is 0 Å². The fraction of sp³-hybridized carbons (Fsp3) is 1.00. The monoisotopic (exact) mass is 282 g/mol. The van der Waals surface area contributed by atoms with E-state index in [4.69, 9.17) is 5.11 Å². The predicted octanol–water partition coefficient (Wildman–Crippen LogP) is 3.13. The molecule has 0 bridgehead atoms. The van der Waals surface area contributed by atoms with Crippen LogP contribution in [0.4, 0.5) is 43.9 Å². The molecule has 0 fully saturated rings. The molecular weight excluding hydrogens is 278 g/mol. The van der Waals surface area contributed by atoms with Crippen LogP contribution in [0.15, 0.2) is 0 Å². The zero-order valence-electron chi connectivity index (χ0n) is 7.73. The van der Waals surface area contributed by atoms with Crippen LogP contribution in [0.2, 0.25) is 0 Å². The summed E-state index contributed by atoms with van der Waals surface area (Å²) >= 11 is 0. The van der Waals surface area contributed by atoms with E-state index in [1.807, 2.05) is 0 Å². The van der Waals surface area contributed by atoms with E-state index in [2.05, 4.69) is 0 Å². The molecule has 1 N–H and O–H groups in total. The van der Waals surface area contributed by atoms with Crippen LogP contribution in [0.5, 0.6) is 0 Å². The second kappa shape index (κ2) is 3.62. The molecule has 0 unspecified atom stereocenters. The van der Waals surface area contributed by atoms with E-state index in [1.54, 1.807) is 0 Å². The van der Waals surface area contributed by atoms with E-state index in [9.17, 15) is 43.9 Å². The Hall–Kier alpha value is -0.740. The summed E-state index contributed by atoms with van der Waals surface area (Å²) in [6.07, 6.45) is -13.5. The molecule has 0 amide bonds. The van der Waals surface area contributed by atoms with Gasteiger partial charge in [-0.15, -0.1) is 0 Å². The molecule has 0 rings (SSSR count). The molecule has 11 heteroatoms. The number of hydrogen-bond acceptors (Lipinski definition) is 1. The van der Waals surface area contributed by atoms with Crippen LogP contribution < -0.4 is 0 Å². The highest BCUT2D eigenvalue weighted by molar-refractivity contribution is 5.06. The summed E-state index contributed by atoms with van der Waals surface area (Å²) in [5.41, 5.74) is -5.66. The second-order valence-electron chi connectivity index (χ2n) is 3.22. The molecule has 1 nitrogen and oxygen atoms in total. The van der Waals surface area contributed by atoms with Crippen molar-refractivity contribution in [3.63, 3.8) is 0 Å². The zero-order valence-corrected chi connectivity index (χ0v) is 7.73. The van der Waals surface area contributed by atoms with Crippen molar-refractivity contribution < 1.29 is 49.0 Å². The van der Waals surface area contributed by atoms with Gasteiger partial charge in [-0.2, -0.15) is 43.9 Å². The third-order valence-electron chi connectivity index (χ3n) is 1.93. The van der Waals surface area contributed by atoms with E-state index < -0.39 is 36.7 Å². The lowest BCUT2D eigenvalue weighted by Gasteiger charge is -2.39. The van der Waals surface area contributed by atoms with Crippen LogP contribution in [-0.2, 0) is 0 Å². The molecule has 104 valence electrons. The first-order chi connectivity index (χ1) is 7.00. The van der Waals surface area contributed by atoms with E-state index >= 15 is 0 Å². The standard InChI is InChI=1S/C6H4F10O/c1-2(17,3(7,8)5(11,12)13)4(9,10)6(14,15)16/h17H,1H3. The SMILES string of the molecule is CC(O)(C(F)(F)C(F)(F)F)C(F)(F)C(F)(F)F. The molecule has 0 atom stereocenters. The Morgan fingerprint density at radius 1 is 0.588 bits per heavy atom. The zero-order chi connectivity index (χ0) is 14.5. The summed E-state index contributed by atoms with van der Waals surface area (Å²) < 4.78 is 119. The molecule has 0 aliphatic rings. The first-order valence-electron chi connectivity index (χ1n) is 3.61. The molecule has 0 aliphatic heterocycles. The molecular formula is C6H4F10O. The van der Waals surface area contributed by atoms with Gasteiger partial charge in [-0.3, -0.25) is 0 Å². The fourth-order valence-electron chi connectivity index (χ4n) is 0.749. The maximum absolute atomic E-state index is 12.4. The number of aliphatic hydroxyl groups is 1.